The number of benzene rings is 6. The maximum atomic E-state index is 11.8. The number of phenols is 2. The van der Waals surface area contributed by atoms with Crippen LogP contribution in [0.15, 0.2) is 121 Å². The molecular formula is C46H38N2O4S2. The lowest BCUT2D eigenvalue weighted by Crippen LogP contribution is -2.08. The Bertz CT molecular complexity index is 2290. The number of fused-ring (bicyclic) bond motifs is 10. The molecule has 268 valence electrons. The Kier molecular flexibility index (Phi) is 9.45. The summed E-state index contributed by atoms with van der Waals surface area (Å²) in [5.41, 5.74) is 9.23. The summed E-state index contributed by atoms with van der Waals surface area (Å²) in [6.45, 7) is 0.913. The highest BCUT2D eigenvalue weighted by atomic mass is 32.1. The van der Waals surface area contributed by atoms with Crippen molar-refractivity contribution < 1.29 is 19.7 Å². The van der Waals surface area contributed by atoms with Gasteiger partial charge in [-0.2, -0.15) is 0 Å². The van der Waals surface area contributed by atoms with Gasteiger partial charge in [-0.05, 0) is 68.8 Å². The molecule has 6 nitrogen and oxygen atoms in total. The fourth-order valence-electron chi connectivity index (χ4n) is 7.42. The van der Waals surface area contributed by atoms with Gasteiger partial charge in [0.1, 0.15) is 23.0 Å². The zero-order valence-corrected chi connectivity index (χ0v) is 31.3. The molecule has 0 saturated carbocycles. The van der Waals surface area contributed by atoms with Crippen LogP contribution in [-0.2, 0) is 38.5 Å². The van der Waals surface area contributed by atoms with E-state index in [0.29, 0.717) is 51.7 Å². The fraction of sp³-hybridized carbons (Fsp3) is 0.174. The molecule has 2 N–H and O–H groups in total. The smallest absolute Gasteiger partial charge is 0.126 e. The highest BCUT2D eigenvalue weighted by molar-refractivity contribution is 7.18. The van der Waals surface area contributed by atoms with Gasteiger partial charge in [-0.15, -0.1) is 22.7 Å². The van der Waals surface area contributed by atoms with E-state index in [-0.39, 0.29) is 11.5 Å². The van der Waals surface area contributed by atoms with Crippen molar-refractivity contribution in [2.45, 2.75) is 38.5 Å². The van der Waals surface area contributed by atoms with Gasteiger partial charge in [0.25, 0.3) is 0 Å². The van der Waals surface area contributed by atoms with Crippen LogP contribution in [0, 0.1) is 0 Å². The molecule has 0 aliphatic heterocycles. The third kappa shape index (κ3) is 7.02. The maximum Gasteiger partial charge on any atom is 0.126 e. The number of hydrogen-bond acceptors (Lipinski definition) is 8. The zero-order valence-electron chi connectivity index (χ0n) is 29.6. The number of thiazole rings is 2. The summed E-state index contributed by atoms with van der Waals surface area (Å²) >= 11 is 3.39. The number of para-hydroxylation sites is 6. The van der Waals surface area contributed by atoms with Gasteiger partial charge in [-0.25, -0.2) is 9.97 Å². The molecule has 0 saturated heterocycles. The second-order valence-electron chi connectivity index (χ2n) is 13.7. The molecule has 1 aliphatic rings. The first-order valence-corrected chi connectivity index (χ1v) is 19.9. The Morgan fingerprint density at radius 3 is 1.11 bits per heavy atom. The van der Waals surface area contributed by atoms with Gasteiger partial charge in [0.05, 0.1) is 43.7 Å². The Hall–Kier alpha value is -5.70. The third-order valence-corrected chi connectivity index (χ3v) is 12.3. The molecule has 2 aromatic heterocycles. The molecule has 0 unspecified atom stereocenters. The molecule has 9 rings (SSSR count). The van der Waals surface area contributed by atoms with Crippen LogP contribution in [0.2, 0.25) is 0 Å². The highest BCUT2D eigenvalue weighted by Crippen LogP contribution is 2.38. The number of nitrogens with zero attached hydrogens (tertiary/aromatic N) is 2. The predicted molar refractivity (Wildman–Crippen MR) is 218 cm³/mol. The Morgan fingerprint density at radius 1 is 0.426 bits per heavy atom. The van der Waals surface area contributed by atoms with Gasteiger partial charge in [-0.1, -0.05) is 97.1 Å². The number of ether oxygens (including phenoxy) is 2. The van der Waals surface area contributed by atoms with Crippen LogP contribution in [0.1, 0.15) is 54.5 Å². The van der Waals surface area contributed by atoms with Crippen molar-refractivity contribution in [3.05, 3.63) is 176 Å². The molecule has 0 amide bonds. The van der Waals surface area contributed by atoms with E-state index in [2.05, 4.69) is 36.4 Å². The normalized spacial score (nSPS) is 12.6. The predicted octanol–water partition coefficient (Wildman–Crippen LogP) is 10.2. The molecule has 8 bridgehead atoms. The summed E-state index contributed by atoms with van der Waals surface area (Å²) in [7, 11) is 0. The first kappa shape index (κ1) is 34.1. The monoisotopic (exact) mass is 746 g/mol. The molecule has 0 atom stereocenters. The van der Waals surface area contributed by atoms with Crippen LogP contribution in [0.25, 0.3) is 20.4 Å². The number of rotatable bonds is 8. The van der Waals surface area contributed by atoms with Gasteiger partial charge in [-0.3, -0.25) is 0 Å². The van der Waals surface area contributed by atoms with Crippen molar-refractivity contribution in [1.82, 2.24) is 9.97 Å². The van der Waals surface area contributed by atoms with E-state index in [0.717, 1.165) is 77.1 Å². The second-order valence-corrected chi connectivity index (χ2v) is 15.9. The molecule has 8 heteroatoms. The minimum atomic E-state index is 0.282. The van der Waals surface area contributed by atoms with Crippen molar-refractivity contribution >= 4 is 43.1 Å². The first-order chi connectivity index (χ1) is 26.6. The molecule has 0 radical (unpaired) electrons. The first-order valence-electron chi connectivity index (χ1n) is 18.3. The van der Waals surface area contributed by atoms with Crippen LogP contribution < -0.4 is 9.47 Å². The lowest BCUT2D eigenvalue weighted by molar-refractivity contribution is 0.315. The van der Waals surface area contributed by atoms with E-state index < -0.39 is 0 Å². The molecule has 2 heterocycles. The van der Waals surface area contributed by atoms with E-state index in [1.165, 1.54) is 9.40 Å². The Labute approximate surface area is 322 Å². The average molecular weight is 747 g/mol. The summed E-state index contributed by atoms with van der Waals surface area (Å²) in [4.78, 5) is 9.63. The van der Waals surface area contributed by atoms with Crippen LogP contribution in [0.3, 0.4) is 0 Å². The Balaban J connectivity index is 1.06. The summed E-state index contributed by atoms with van der Waals surface area (Å²) in [5, 5.41) is 25.7. The molecule has 1 aliphatic carbocycles. The van der Waals surface area contributed by atoms with Gasteiger partial charge in [0, 0.05) is 38.5 Å². The lowest BCUT2D eigenvalue weighted by Gasteiger charge is -2.20. The largest absolute Gasteiger partial charge is 0.507 e. The molecule has 8 aromatic rings. The van der Waals surface area contributed by atoms with Gasteiger partial charge < -0.3 is 19.7 Å². The van der Waals surface area contributed by atoms with E-state index in [9.17, 15) is 10.2 Å². The number of aromatic hydroxyl groups is 2. The van der Waals surface area contributed by atoms with Crippen LogP contribution in [0.4, 0.5) is 0 Å². The van der Waals surface area contributed by atoms with E-state index >= 15 is 0 Å². The van der Waals surface area contributed by atoms with E-state index in [4.69, 9.17) is 19.4 Å². The quantitative estimate of drug-likeness (QED) is 0.161. The zero-order chi connectivity index (χ0) is 36.4. The highest BCUT2D eigenvalue weighted by Gasteiger charge is 2.20. The van der Waals surface area contributed by atoms with Gasteiger partial charge in [0.2, 0.25) is 0 Å². The van der Waals surface area contributed by atoms with Crippen molar-refractivity contribution in [1.29, 1.82) is 0 Å². The minimum Gasteiger partial charge on any atom is -0.507 e. The molecule has 6 aromatic carbocycles. The maximum absolute atomic E-state index is 11.8. The second kappa shape index (κ2) is 15.0. The standard InChI is InChI=1S/C46H38N2O4S2/c49-43-29-9-5-11-31(43)27-35-15-8-16-36(46(35)52-24-22-42-48-38-18-2-4-20-40(38)54-42)28-32-12-6-10-30(44(32)50)26-34-14-7-13-33(25-29)45(34)51-23-21-41-47-37-17-1-3-19-39(37)53-41/h1-20,49-50H,21-28H2. The molecular weight excluding hydrogens is 709 g/mol. The molecule has 0 spiro atoms. The third-order valence-electron chi connectivity index (χ3n) is 10.1. The molecule has 54 heavy (non-hydrogen) atoms. The van der Waals surface area contributed by atoms with Crippen molar-refractivity contribution in [3.8, 4) is 23.0 Å². The summed E-state index contributed by atoms with van der Waals surface area (Å²) in [5.74, 6) is 2.14. The van der Waals surface area contributed by atoms with Crippen molar-refractivity contribution in [3.63, 3.8) is 0 Å². The topological polar surface area (TPSA) is 84.7 Å². The Morgan fingerprint density at radius 2 is 0.759 bits per heavy atom. The number of phenolic OH excluding ortho intramolecular Hbond substituents is 2. The van der Waals surface area contributed by atoms with Gasteiger partial charge in [0.15, 0.2) is 0 Å². The average Bonchev–Trinajstić information content (AvgIpc) is 3.80. The molecule has 0 fully saturated rings. The van der Waals surface area contributed by atoms with Crippen LogP contribution >= 0.6 is 22.7 Å². The van der Waals surface area contributed by atoms with Gasteiger partial charge >= 0.3 is 0 Å². The fourth-order valence-corrected chi connectivity index (χ4v) is 9.31. The van der Waals surface area contributed by atoms with Crippen LogP contribution in [0.5, 0.6) is 23.0 Å². The SMILES string of the molecule is Oc1c2cccc1Cc1cccc(c1OCCc1nc3ccccc3s1)Cc1cccc(c1O)Cc1cccc(c1OCCc1nc3ccccc3s1)C2. The summed E-state index contributed by atoms with van der Waals surface area (Å²) in [6, 6.07) is 40.7. The van der Waals surface area contributed by atoms with Crippen LogP contribution in [-0.4, -0.2) is 33.4 Å². The minimum absolute atomic E-state index is 0.282. The number of aromatic nitrogens is 2. The van der Waals surface area contributed by atoms with E-state index in [1.54, 1.807) is 22.7 Å². The van der Waals surface area contributed by atoms with Crippen molar-refractivity contribution in [2.24, 2.45) is 0 Å². The summed E-state index contributed by atoms with van der Waals surface area (Å²) in [6.07, 6.45) is 3.31. The lowest BCUT2D eigenvalue weighted by atomic mass is 9.91. The summed E-state index contributed by atoms with van der Waals surface area (Å²) < 4.78 is 15.6. The van der Waals surface area contributed by atoms with E-state index in [1.807, 2.05) is 84.9 Å². The van der Waals surface area contributed by atoms with Crippen molar-refractivity contribution in [2.75, 3.05) is 13.2 Å². The number of hydrogen-bond donors (Lipinski definition) is 2.